The van der Waals surface area contributed by atoms with Gasteiger partial charge >= 0.3 is 5.97 Å². The van der Waals surface area contributed by atoms with Crippen molar-refractivity contribution in [3.05, 3.63) is 35.4 Å². The lowest BCUT2D eigenvalue weighted by atomic mass is 10.1. The number of aldehydes is 1. The second kappa shape index (κ2) is 4.23. The Balaban J connectivity index is 3.17. The molecule has 0 saturated heterocycles. The van der Waals surface area contributed by atoms with E-state index in [1.807, 2.05) is 0 Å². The lowest BCUT2D eigenvalue weighted by Gasteiger charge is -2.00. The fraction of sp³-hybridized carbons (Fsp3) is 0. The highest BCUT2D eigenvalue weighted by Gasteiger charge is 2.03. The maximum Gasteiger partial charge on any atom is 0.328 e. The molecule has 0 fully saturated rings. The van der Waals surface area contributed by atoms with E-state index < -0.39 is 5.97 Å². The summed E-state index contributed by atoms with van der Waals surface area (Å²) >= 11 is 0. The fourth-order valence-electron chi connectivity index (χ4n) is 1.01. The summed E-state index contributed by atoms with van der Waals surface area (Å²) in [7, 11) is 0. The first kappa shape index (κ1) is 9.98. The van der Waals surface area contributed by atoms with Crippen molar-refractivity contribution in [1.82, 2.24) is 0 Å². The van der Waals surface area contributed by atoms with Crippen LogP contribution in [0.2, 0.25) is 0 Å². The van der Waals surface area contributed by atoms with Crippen molar-refractivity contribution < 1.29 is 19.8 Å². The lowest BCUT2D eigenvalue weighted by molar-refractivity contribution is -0.131. The molecular weight excluding hydrogens is 184 g/mol. The highest BCUT2D eigenvalue weighted by atomic mass is 16.4. The van der Waals surface area contributed by atoms with E-state index in [2.05, 4.69) is 0 Å². The van der Waals surface area contributed by atoms with Gasteiger partial charge in [0, 0.05) is 17.2 Å². The Morgan fingerprint density at radius 3 is 2.64 bits per heavy atom. The molecule has 1 aromatic rings. The van der Waals surface area contributed by atoms with Gasteiger partial charge in [-0.05, 0) is 12.1 Å². The number of carboxylic acids is 1. The summed E-state index contributed by atoms with van der Waals surface area (Å²) < 4.78 is 0. The van der Waals surface area contributed by atoms with Crippen LogP contribution in [0.25, 0.3) is 6.08 Å². The molecule has 4 nitrogen and oxygen atoms in total. The van der Waals surface area contributed by atoms with Gasteiger partial charge in [-0.3, -0.25) is 4.79 Å². The van der Waals surface area contributed by atoms with Crippen molar-refractivity contribution in [2.24, 2.45) is 0 Å². The van der Waals surface area contributed by atoms with E-state index in [1.54, 1.807) is 0 Å². The van der Waals surface area contributed by atoms with Gasteiger partial charge in [-0.25, -0.2) is 4.79 Å². The quantitative estimate of drug-likeness (QED) is 0.559. The molecule has 0 heterocycles. The zero-order valence-electron chi connectivity index (χ0n) is 7.18. The van der Waals surface area contributed by atoms with Crippen LogP contribution in [0.1, 0.15) is 15.9 Å². The summed E-state index contributed by atoms with van der Waals surface area (Å²) in [6.45, 7) is 0. The van der Waals surface area contributed by atoms with Gasteiger partial charge in [0.2, 0.25) is 0 Å². The van der Waals surface area contributed by atoms with Crippen LogP contribution in [0.5, 0.6) is 5.75 Å². The van der Waals surface area contributed by atoms with Crippen molar-refractivity contribution in [1.29, 1.82) is 0 Å². The van der Waals surface area contributed by atoms with E-state index >= 15 is 0 Å². The summed E-state index contributed by atoms with van der Waals surface area (Å²) in [6.07, 6.45) is 2.60. The van der Waals surface area contributed by atoms with Crippen LogP contribution < -0.4 is 0 Å². The van der Waals surface area contributed by atoms with E-state index in [9.17, 15) is 14.7 Å². The Kier molecular flexibility index (Phi) is 3.01. The molecule has 1 rings (SSSR count). The van der Waals surface area contributed by atoms with Crippen molar-refractivity contribution in [3.63, 3.8) is 0 Å². The monoisotopic (exact) mass is 192 g/mol. The minimum Gasteiger partial charge on any atom is -0.507 e. The number of aromatic hydroxyl groups is 1. The molecule has 72 valence electrons. The number of hydrogen-bond acceptors (Lipinski definition) is 3. The Labute approximate surface area is 80.1 Å². The van der Waals surface area contributed by atoms with E-state index in [-0.39, 0.29) is 16.9 Å². The van der Waals surface area contributed by atoms with Crippen LogP contribution in [0.3, 0.4) is 0 Å². The van der Waals surface area contributed by atoms with Crippen LogP contribution in [-0.4, -0.2) is 22.5 Å². The van der Waals surface area contributed by atoms with E-state index in [0.717, 1.165) is 6.08 Å². The van der Waals surface area contributed by atoms with Gasteiger partial charge in [-0.1, -0.05) is 12.1 Å². The van der Waals surface area contributed by atoms with E-state index in [4.69, 9.17) is 5.11 Å². The summed E-state index contributed by atoms with van der Waals surface area (Å²) in [6, 6.07) is 4.39. The molecule has 0 bridgehead atoms. The number of carbonyl (C=O) groups is 2. The zero-order valence-corrected chi connectivity index (χ0v) is 7.18. The molecule has 0 aliphatic heterocycles. The third-order valence-electron chi connectivity index (χ3n) is 1.64. The first-order valence-electron chi connectivity index (χ1n) is 3.83. The predicted molar refractivity (Wildman–Crippen MR) is 50.2 cm³/mol. The SMILES string of the molecule is O=Cc1cccc(O)c1C=CC(=O)O. The second-order valence-electron chi connectivity index (χ2n) is 2.57. The Hall–Kier alpha value is -2.10. The van der Waals surface area contributed by atoms with Crippen molar-refractivity contribution >= 4 is 18.3 Å². The van der Waals surface area contributed by atoms with Gasteiger partial charge in [0.25, 0.3) is 0 Å². The largest absolute Gasteiger partial charge is 0.507 e. The number of carbonyl (C=O) groups excluding carboxylic acids is 1. The summed E-state index contributed by atoms with van der Waals surface area (Å²) in [5.41, 5.74) is 0.465. The first-order valence-corrected chi connectivity index (χ1v) is 3.83. The Morgan fingerprint density at radius 2 is 2.07 bits per heavy atom. The number of phenolic OH excluding ortho intramolecular Hbond substituents is 1. The smallest absolute Gasteiger partial charge is 0.328 e. The third kappa shape index (κ3) is 2.20. The maximum absolute atomic E-state index is 10.5. The Morgan fingerprint density at radius 1 is 1.36 bits per heavy atom. The highest BCUT2D eigenvalue weighted by molar-refractivity contribution is 5.90. The van der Waals surface area contributed by atoms with Gasteiger partial charge in [0.05, 0.1) is 0 Å². The van der Waals surface area contributed by atoms with E-state index in [0.29, 0.717) is 6.29 Å². The summed E-state index contributed by atoms with van der Waals surface area (Å²) in [5.74, 6) is -1.25. The number of phenols is 1. The van der Waals surface area contributed by atoms with Crippen molar-refractivity contribution in [2.45, 2.75) is 0 Å². The summed E-state index contributed by atoms with van der Waals surface area (Å²) in [4.78, 5) is 20.8. The normalized spacial score (nSPS) is 10.3. The molecule has 0 aliphatic carbocycles. The Bertz CT molecular complexity index is 393. The number of aliphatic carboxylic acids is 1. The zero-order chi connectivity index (χ0) is 10.6. The standard InChI is InChI=1S/C10H8O4/c11-6-7-2-1-3-9(12)8(7)4-5-10(13)14/h1-6,12H,(H,13,14). The average Bonchev–Trinajstić information content (AvgIpc) is 2.15. The lowest BCUT2D eigenvalue weighted by Crippen LogP contribution is -1.89. The minimum atomic E-state index is -1.13. The van der Waals surface area contributed by atoms with Crippen molar-refractivity contribution in [2.75, 3.05) is 0 Å². The van der Waals surface area contributed by atoms with Crippen LogP contribution in [-0.2, 0) is 4.79 Å². The average molecular weight is 192 g/mol. The van der Waals surface area contributed by atoms with Gasteiger partial charge in [-0.2, -0.15) is 0 Å². The van der Waals surface area contributed by atoms with Crippen LogP contribution >= 0.6 is 0 Å². The van der Waals surface area contributed by atoms with E-state index in [1.165, 1.54) is 24.3 Å². The first-order chi connectivity index (χ1) is 6.65. The molecule has 2 N–H and O–H groups in total. The second-order valence-corrected chi connectivity index (χ2v) is 2.57. The number of rotatable bonds is 3. The predicted octanol–water partition coefficient (Wildman–Crippen LogP) is 1.30. The number of benzene rings is 1. The van der Waals surface area contributed by atoms with Crippen LogP contribution in [0, 0.1) is 0 Å². The third-order valence-corrected chi connectivity index (χ3v) is 1.64. The molecule has 0 saturated carbocycles. The molecule has 0 aliphatic rings. The molecule has 0 atom stereocenters. The summed E-state index contributed by atoms with van der Waals surface area (Å²) in [5, 5.41) is 17.7. The van der Waals surface area contributed by atoms with Gasteiger partial charge < -0.3 is 10.2 Å². The molecular formula is C10H8O4. The van der Waals surface area contributed by atoms with Crippen molar-refractivity contribution in [3.8, 4) is 5.75 Å². The minimum absolute atomic E-state index is 0.118. The van der Waals surface area contributed by atoms with Gasteiger partial charge in [0.15, 0.2) is 6.29 Å². The molecule has 0 unspecified atom stereocenters. The van der Waals surface area contributed by atoms with Crippen LogP contribution in [0.4, 0.5) is 0 Å². The topological polar surface area (TPSA) is 74.6 Å². The van der Waals surface area contributed by atoms with Crippen LogP contribution in [0.15, 0.2) is 24.3 Å². The number of hydrogen-bond donors (Lipinski definition) is 2. The molecule has 0 radical (unpaired) electrons. The van der Waals surface area contributed by atoms with Gasteiger partial charge in [0.1, 0.15) is 5.75 Å². The molecule has 0 amide bonds. The molecule has 4 heteroatoms. The number of carboxylic acid groups (broad SMARTS) is 1. The molecule has 0 aromatic heterocycles. The highest BCUT2D eigenvalue weighted by Crippen LogP contribution is 2.21. The maximum atomic E-state index is 10.5. The molecule has 14 heavy (non-hydrogen) atoms. The fourth-order valence-corrected chi connectivity index (χ4v) is 1.01. The molecule has 0 spiro atoms. The van der Waals surface area contributed by atoms with Gasteiger partial charge in [-0.15, -0.1) is 0 Å². The molecule has 1 aromatic carbocycles.